The molecule has 0 bridgehead atoms. The molecule has 2 aliphatic heterocycles. The maximum Gasteiger partial charge on any atom is 0.252 e. The number of ether oxygens (including phenoxy) is 3. The van der Waals surface area contributed by atoms with E-state index in [1.54, 1.807) is 39.5 Å². The van der Waals surface area contributed by atoms with Gasteiger partial charge in [0.1, 0.15) is 5.75 Å². The molecule has 10 heteroatoms. The van der Waals surface area contributed by atoms with Crippen LogP contribution in [0.2, 0.25) is 0 Å². The van der Waals surface area contributed by atoms with Crippen LogP contribution in [0.4, 0.5) is 0 Å². The molecule has 176 valence electrons. The molecule has 0 aromatic heterocycles. The number of nitrogens with zero attached hydrogens (tertiary/aromatic N) is 2. The highest BCUT2D eigenvalue weighted by atomic mass is 32.2. The topological polar surface area (TPSA) is 94.5 Å². The first-order valence-corrected chi connectivity index (χ1v) is 13.1. The van der Waals surface area contributed by atoms with Crippen molar-refractivity contribution in [3.05, 3.63) is 53.6 Å². The Labute approximate surface area is 197 Å². The molecule has 0 aliphatic carbocycles. The van der Waals surface area contributed by atoms with Crippen molar-refractivity contribution in [1.29, 1.82) is 0 Å². The van der Waals surface area contributed by atoms with Crippen molar-refractivity contribution in [1.82, 2.24) is 4.90 Å². The molecule has 2 fully saturated rings. The van der Waals surface area contributed by atoms with E-state index in [2.05, 4.69) is 4.99 Å². The number of benzene rings is 2. The molecule has 2 saturated heterocycles. The summed E-state index contributed by atoms with van der Waals surface area (Å²) in [5, 5.41) is 0.446. The van der Waals surface area contributed by atoms with E-state index in [-0.39, 0.29) is 35.1 Å². The number of carbonyl (C=O) groups is 1. The van der Waals surface area contributed by atoms with Gasteiger partial charge < -0.3 is 19.1 Å². The highest BCUT2D eigenvalue weighted by Gasteiger charge is 2.48. The molecule has 2 aliphatic rings. The van der Waals surface area contributed by atoms with Gasteiger partial charge in [-0.15, -0.1) is 0 Å². The molecule has 33 heavy (non-hydrogen) atoms. The summed E-state index contributed by atoms with van der Waals surface area (Å²) in [6, 6.07) is 12.7. The lowest BCUT2D eigenvalue weighted by Crippen LogP contribution is -2.37. The van der Waals surface area contributed by atoms with Gasteiger partial charge in [0, 0.05) is 11.8 Å². The van der Waals surface area contributed by atoms with Crippen molar-refractivity contribution in [2.75, 3.05) is 32.8 Å². The van der Waals surface area contributed by atoms with Crippen molar-refractivity contribution < 1.29 is 27.4 Å². The molecule has 0 saturated carbocycles. The number of hydrogen-bond donors (Lipinski definition) is 0. The second-order valence-corrected chi connectivity index (χ2v) is 11.3. The lowest BCUT2D eigenvalue weighted by atomic mass is 10.1. The maximum absolute atomic E-state index is 12.8. The lowest BCUT2D eigenvalue weighted by molar-refractivity contribution is -0.117. The Hall–Kier alpha value is -2.72. The van der Waals surface area contributed by atoms with Crippen LogP contribution in [-0.4, -0.2) is 68.5 Å². The molecule has 2 heterocycles. The van der Waals surface area contributed by atoms with Gasteiger partial charge in [-0.2, -0.15) is 4.99 Å². The zero-order valence-corrected chi connectivity index (χ0v) is 20.3. The van der Waals surface area contributed by atoms with Gasteiger partial charge >= 0.3 is 0 Å². The third-order valence-corrected chi connectivity index (χ3v) is 8.96. The van der Waals surface area contributed by atoms with Gasteiger partial charge in [0.05, 0.1) is 45.3 Å². The zero-order chi connectivity index (χ0) is 23.6. The summed E-state index contributed by atoms with van der Waals surface area (Å²) in [7, 11) is 1.60. The van der Waals surface area contributed by atoms with E-state index in [0.29, 0.717) is 23.2 Å². The summed E-state index contributed by atoms with van der Waals surface area (Å²) < 4.78 is 40.2. The molecule has 4 rings (SSSR count). The Morgan fingerprint density at radius 1 is 1.00 bits per heavy atom. The minimum absolute atomic E-state index is 0.0731. The molecule has 8 nitrogen and oxygen atoms in total. The van der Waals surface area contributed by atoms with Gasteiger partial charge in [0.2, 0.25) is 0 Å². The van der Waals surface area contributed by atoms with Crippen molar-refractivity contribution in [3.8, 4) is 17.2 Å². The standard InChI is InChI=1S/C23H26N2O6S2/c1-29-17-7-4-15(5-8-17)12-25-18-13-33(27,28)14-21(18)32-23(25)24-22(26)11-16-6-9-19(30-2)20(10-16)31-3/h4-10,18,21H,11-14H2,1-3H3/t18-,21+/m1/s1. The van der Waals surface area contributed by atoms with E-state index in [1.165, 1.54) is 11.8 Å². The molecular formula is C23H26N2O6S2. The summed E-state index contributed by atoms with van der Waals surface area (Å²) in [4.78, 5) is 19.2. The molecule has 0 unspecified atom stereocenters. The van der Waals surface area contributed by atoms with E-state index < -0.39 is 9.84 Å². The molecule has 1 amide bonds. The fourth-order valence-corrected chi connectivity index (χ4v) is 8.03. The summed E-state index contributed by atoms with van der Waals surface area (Å²) in [6.45, 7) is 0.468. The number of carbonyl (C=O) groups excluding carboxylic acids is 1. The number of amides is 1. The van der Waals surface area contributed by atoms with Crippen LogP contribution in [0, 0.1) is 0 Å². The van der Waals surface area contributed by atoms with Crippen LogP contribution in [0.15, 0.2) is 47.5 Å². The third kappa shape index (κ3) is 5.27. The fraction of sp³-hybridized carbons (Fsp3) is 0.391. The average molecular weight is 491 g/mol. The van der Waals surface area contributed by atoms with Gasteiger partial charge in [-0.3, -0.25) is 4.79 Å². The van der Waals surface area contributed by atoms with Crippen LogP contribution in [0.3, 0.4) is 0 Å². The predicted octanol–water partition coefficient (Wildman–Crippen LogP) is 2.55. The Bertz CT molecular complexity index is 1160. The molecule has 2 aromatic carbocycles. The summed E-state index contributed by atoms with van der Waals surface area (Å²) in [5.74, 6) is 1.76. The Balaban J connectivity index is 1.55. The number of fused-ring (bicyclic) bond motifs is 1. The molecular weight excluding hydrogens is 464 g/mol. The van der Waals surface area contributed by atoms with Crippen LogP contribution in [0.25, 0.3) is 0 Å². The molecule has 0 radical (unpaired) electrons. The number of thioether (sulfide) groups is 1. The van der Waals surface area contributed by atoms with E-state index in [1.807, 2.05) is 29.2 Å². The van der Waals surface area contributed by atoms with Crippen molar-refractivity contribution in [2.45, 2.75) is 24.3 Å². The van der Waals surface area contributed by atoms with E-state index in [0.717, 1.165) is 16.9 Å². The number of amidine groups is 1. The van der Waals surface area contributed by atoms with Crippen LogP contribution in [-0.2, 0) is 27.6 Å². The minimum atomic E-state index is -3.10. The third-order valence-electron chi connectivity index (χ3n) is 5.71. The van der Waals surface area contributed by atoms with Crippen molar-refractivity contribution in [3.63, 3.8) is 0 Å². The minimum Gasteiger partial charge on any atom is -0.497 e. The first-order valence-electron chi connectivity index (χ1n) is 10.4. The number of aliphatic imine (C=N–C) groups is 1. The van der Waals surface area contributed by atoms with Crippen LogP contribution < -0.4 is 14.2 Å². The highest BCUT2D eigenvalue weighted by molar-refractivity contribution is 8.15. The van der Waals surface area contributed by atoms with Crippen molar-refractivity contribution in [2.24, 2.45) is 4.99 Å². The van der Waals surface area contributed by atoms with Crippen LogP contribution in [0.5, 0.6) is 17.2 Å². The van der Waals surface area contributed by atoms with Gasteiger partial charge in [-0.05, 0) is 35.4 Å². The number of methoxy groups -OCH3 is 3. The molecule has 2 atom stereocenters. The number of hydrogen-bond acceptors (Lipinski definition) is 7. The predicted molar refractivity (Wildman–Crippen MR) is 128 cm³/mol. The first kappa shape index (κ1) is 23.4. The molecule has 0 spiro atoms. The average Bonchev–Trinajstić information content (AvgIpc) is 3.25. The Kier molecular flexibility index (Phi) is 6.85. The van der Waals surface area contributed by atoms with Gasteiger partial charge in [-0.25, -0.2) is 8.42 Å². The van der Waals surface area contributed by atoms with Crippen LogP contribution in [0.1, 0.15) is 11.1 Å². The SMILES string of the molecule is COc1ccc(CN2C(=NC(=O)Cc3ccc(OC)c(OC)c3)S[C@H]3CS(=O)(=O)C[C@H]32)cc1. The quantitative estimate of drug-likeness (QED) is 0.585. The summed E-state index contributed by atoms with van der Waals surface area (Å²) in [5.41, 5.74) is 1.75. The monoisotopic (exact) mass is 490 g/mol. The Morgan fingerprint density at radius 3 is 2.36 bits per heavy atom. The second-order valence-electron chi connectivity index (χ2n) is 7.93. The first-order chi connectivity index (χ1) is 15.8. The lowest BCUT2D eigenvalue weighted by Gasteiger charge is -2.24. The van der Waals surface area contributed by atoms with E-state index >= 15 is 0 Å². The summed E-state index contributed by atoms with van der Waals surface area (Å²) >= 11 is 1.38. The molecule has 2 aromatic rings. The van der Waals surface area contributed by atoms with Gasteiger partial charge in [0.25, 0.3) is 5.91 Å². The zero-order valence-electron chi connectivity index (χ0n) is 18.7. The largest absolute Gasteiger partial charge is 0.497 e. The highest BCUT2D eigenvalue weighted by Crippen LogP contribution is 2.39. The Morgan fingerprint density at radius 2 is 1.70 bits per heavy atom. The van der Waals surface area contributed by atoms with E-state index in [4.69, 9.17) is 14.2 Å². The normalized spacial score (nSPS) is 22.3. The van der Waals surface area contributed by atoms with Gasteiger partial charge in [-0.1, -0.05) is 30.0 Å². The summed E-state index contributed by atoms with van der Waals surface area (Å²) in [6.07, 6.45) is 0.106. The number of rotatable bonds is 7. The maximum atomic E-state index is 12.8. The van der Waals surface area contributed by atoms with Crippen LogP contribution >= 0.6 is 11.8 Å². The molecule has 0 N–H and O–H groups in total. The fourth-order valence-electron chi connectivity index (χ4n) is 4.06. The smallest absolute Gasteiger partial charge is 0.252 e. The second kappa shape index (κ2) is 9.64. The number of sulfone groups is 1. The van der Waals surface area contributed by atoms with E-state index in [9.17, 15) is 13.2 Å². The van der Waals surface area contributed by atoms with Crippen molar-refractivity contribution >= 4 is 32.7 Å². The van der Waals surface area contributed by atoms with Gasteiger partial charge in [0.15, 0.2) is 26.5 Å².